The predicted octanol–water partition coefficient (Wildman–Crippen LogP) is 7.25. The molecule has 0 saturated heterocycles. The van der Waals surface area contributed by atoms with Gasteiger partial charge in [0.05, 0.1) is 0 Å². The second kappa shape index (κ2) is 14.3. The maximum Gasteiger partial charge on any atom is 0.329 e. The van der Waals surface area contributed by atoms with E-state index in [9.17, 15) is 20.4 Å². The Morgan fingerprint density at radius 1 is 0.564 bits per heavy atom. The first-order valence-corrected chi connectivity index (χ1v) is 12.8. The molecule has 0 heterocycles. The highest BCUT2D eigenvalue weighted by molar-refractivity contribution is 5.67. The second-order valence-electron chi connectivity index (χ2n) is 13.3. The van der Waals surface area contributed by atoms with Crippen molar-refractivity contribution in [2.45, 2.75) is 105 Å². The van der Waals surface area contributed by atoms with Crippen molar-refractivity contribution in [3.63, 3.8) is 0 Å². The van der Waals surface area contributed by atoms with E-state index in [1.54, 1.807) is 24.3 Å². The third-order valence-corrected chi connectivity index (χ3v) is 5.56. The Morgan fingerprint density at radius 2 is 0.718 bits per heavy atom. The van der Waals surface area contributed by atoms with Crippen molar-refractivity contribution < 1.29 is 35.4 Å². The number of hydrogen-bond acceptors (Lipinski definition) is 6. The Bertz CT molecular complexity index is 924. The van der Waals surface area contributed by atoms with Crippen LogP contribution in [-0.4, -0.2) is 43.2 Å². The fourth-order valence-electron chi connectivity index (χ4n) is 3.53. The zero-order valence-corrected chi connectivity index (χ0v) is 26.0. The number of aliphatic hydroxyl groups excluding tert-OH is 1. The van der Waals surface area contributed by atoms with E-state index < -0.39 is 12.6 Å². The maximum atomic E-state index is 10.3. The monoisotopic (exact) mass is 548 g/mol. The Kier molecular flexibility index (Phi) is 13.9. The molecule has 2 aromatic carbocycles. The predicted molar refractivity (Wildman–Crippen MR) is 160 cm³/mol. The number of benzene rings is 2. The average molecular weight is 549 g/mol. The Hall–Kier alpha value is -3.19. The van der Waals surface area contributed by atoms with Crippen molar-refractivity contribution >= 4 is 5.97 Å². The Balaban J connectivity index is 0. The molecule has 0 aliphatic rings. The molecule has 0 fully saturated rings. The molecule has 7 heteroatoms. The molecular formula is C32H52O7. The molecule has 39 heavy (non-hydrogen) atoms. The standard InChI is InChI=1S/2C14H22O2.C2H4O3.C2H4/c2*1-13(2,3)10-7-9(15)8-11(12(10)16)14(4,5)6;3-1-2(4)5;1-2/h2*7-8,15-16H,1-6H3;3H,1H2,(H,4,5);1-2H2. The molecular weight excluding hydrogens is 496 g/mol. The molecule has 0 spiro atoms. The number of carboxylic acids is 1. The molecule has 0 aromatic heterocycles. The lowest BCUT2D eigenvalue weighted by molar-refractivity contribution is -0.140. The molecule has 0 aliphatic heterocycles. The highest BCUT2D eigenvalue weighted by atomic mass is 16.4. The van der Waals surface area contributed by atoms with Gasteiger partial charge in [0, 0.05) is 22.3 Å². The first kappa shape index (κ1) is 38.0. The van der Waals surface area contributed by atoms with Crippen LogP contribution >= 0.6 is 0 Å². The number of aromatic hydroxyl groups is 4. The first-order chi connectivity index (χ1) is 17.3. The number of phenolic OH excluding ortho intramolecular Hbond substituents is 4. The fraction of sp³-hybridized carbons (Fsp3) is 0.531. The van der Waals surface area contributed by atoms with Crippen LogP contribution in [0.4, 0.5) is 0 Å². The molecule has 222 valence electrons. The van der Waals surface area contributed by atoms with Gasteiger partial charge in [0.25, 0.3) is 0 Å². The lowest BCUT2D eigenvalue weighted by atomic mass is 9.79. The minimum Gasteiger partial charge on any atom is -0.508 e. The summed E-state index contributed by atoms with van der Waals surface area (Å²) in [6, 6.07) is 6.57. The van der Waals surface area contributed by atoms with Gasteiger partial charge >= 0.3 is 5.97 Å². The Labute approximate surface area is 235 Å². The molecule has 6 N–H and O–H groups in total. The van der Waals surface area contributed by atoms with Gasteiger partial charge in [-0.3, -0.25) is 0 Å². The molecule has 7 nitrogen and oxygen atoms in total. The van der Waals surface area contributed by atoms with Gasteiger partial charge in [0.1, 0.15) is 29.6 Å². The summed E-state index contributed by atoms with van der Waals surface area (Å²) >= 11 is 0. The first-order valence-electron chi connectivity index (χ1n) is 12.8. The van der Waals surface area contributed by atoms with Crippen molar-refractivity contribution in [3.05, 3.63) is 59.7 Å². The van der Waals surface area contributed by atoms with Crippen LogP contribution in [0.1, 0.15) is 105 Å². The molecule has 0 radical (unpaired) electrons. The van der Waals surface area contributed by atoms with Crippen molar-refractivity contribution in [1.29, 1.82) is 0 Å². The summed E-state index contributed by atoms with van der Waals surface area (Å²) in [5.41, 5.74) is 2.45. The third-order valence-electron chi connectivity index (χ3n) is 5.56. The van der Waals surface area contributed by atoms with Gasteiger partial charge in [0.15, 0.2) is 0 Å². The normalized spacial score (nSPS) is 11.6. The van der Waals surface area contributed by atoms with Crippen molar-refractivity contribution in [3.8, 4) is 23.0 Å². The number of carboxylic acid groups (broad SMARTS) is 1. The molecule has 0 atom stereocenters. The molecule has 0 unspecified atom stereocenters. The fourth-order valence-corrected chi connectivity index (χ4v) is 3.53. The zero-order valence-electron chi connectivity index (χ0n) is 26.0. The van der Waals surface area contributed by atoms with Crippen molar-refractivity contribution in [1.82, 2.24) is 0 Å². The van der Waals surface area contributed by atoms with Crippen LogP contribution in [0.3, 0.4) is 0 Å². The zero-order chi connectivity index (χ0) is 31.7. The number of aliphatic carboxylic acids is 1. The van der Waals surface area contributed by atoms with E-state index in [0.717, 1.165) is 22.3 Å². The van der Waals surface area contributed by atoms with Gasteiger partial charge in [-0.1, -0.05) is 83.1 Å². The van der Waals surface area contributed by atoms with E-state index >= 15 is 0 Å². The summed E-state index contributed by atoms with van der Waals surface area (Å²) in [6.07, 6.45) is 0. The topological polar surface area (TPSA) is 138 Å². The summed E-state index contributed by atoms with van der Waals surface area (Å²) in [5, 5.41) is 55.0. The summed E-state index contributed by atoms with van der Waals surface area (Å²) in [6.45, 7) is 29.5. The van der Waals surface area contributed by atoms with Gasteiger partial charge in [-0.2, -0.15) is 0 Å². The van der Waals surface area contributed by atoms with Gasteiger partial charge < -0.3 is 30.6 Å². The van der Waals surface area contributed by atoms with Crippen LogP contribution in [0.2, 0.25) is 0 Å². The average Bonchev–Trinajstić information content (AvgIpc) is 2.75. The lowest BCUT2D eigenvalue weighted by Crippen LogP contribution is -2.16. The molecule has 0 amide bonds. The number of aliphatic hydroxyl groups is 1. The smallest absolute Gasteiger partial charge is 0.329 e. The SMILES string of the molecule is C=C.CC(C)(C)c1cc(O)cc(C(C)(C)C)c1O.CC(C)(C)c1cc(O)cc(C(C)(C)C)c1O.O=C(O)CO. The van der Waals surface area contributed by atoms with Gasteiger partial charge in [-0.25, -0.2) is 4.79 Å². The van der Waals surface area contributed by atoms with E-state index in [1.165, 1.54) is 0 Å². The van der Waals surface area contributed by atoms with Crippen molar-refractivity contribution in [2.24, 2.45) is 0 Å². The number of rotatable bonds is 1. The number of carbonyl (C=O) groups is 1. The van der Waals surface area contributed by atoms with Crippen LogP contribution in [0.25, 0.3) is 0 Å². The third kappa shape index (κ3) is 12.5. The molecule has 0 bridgehead atoms. The van der Waals surface area contributed by atoms with E-state index in [2.05, 4.69) is 13.2 Å². The molecule has 0 saturated carbocycles. The minimum atomic E-state index is -1.19. The minimum absolute atomic E-state index is 0.178. The van der Waals surface area contributed by atoms with E-state index in [-0.39, 0.29) is 33.2 Å². The molecule has 0 aliphatic carbocycles. The highest BCUT2D eigenvalue weighted by Crippen LogP contribution is 2.42. The second-order valence-corrected chi connectivity index (χ2v) is 13.3. The summed E-state index contributed by atoms with van der Waals surface area (Å²) < 4.78 is 0. The van der Waals surface area contributed by atoms with Crippen LogP contribution < -0.4 is 0 Å². The summed E-state index contributed by atoms with van der Waals surface area (Å²) in [4.78, 5) is 9.12. The van der Waals surface area contributed by atoms with Crippen LogP contribution in [0.5, 0.6) is 23.0 Å². The maximum absolute atomic E-state index is 10.3. The molecule has 2 rings (SSSR count). The van der Waals surface area contributed by atoms with E-state index in [1.807, 2.05) is 83.1 Å². The summed E-state index contributed by atoms with van der Waals surface area (Å²) in [5.74, 6) is -0.152. The van der Waals surface area contributed by atoms with Gasteiger partial charge in [0.2, 0.25) is 0 Å². The lowest BCUT2D eigenvalue weighted by Gasteiger charge is -2.27. The van der Waals surface area contributed by atoms with Crippen molar-refractivity contribution in [2.75, 3.05) is 6.61 Å². The highest BCUT2D eigenvalue weighted by Gasteiger charge is 2.27. The van der Waals surface area contributed by atoms with E-state index in [0.29, 0.717) is 11.5 Å². The van der Waals surface area contributed by atoms with Crippen LogP contribution in [0, 0.1) is 0 Å². The summed E-state index contributed by atoms with van der Waals surface area (Å²) in [7, 11) is 0. The van der Waals surface area contributed by atoms with Crippen LogP contribution in [0.15, 0.2) is 37.4 Å². The van der Waals surface area contributed by atoms with Gasteiger partial charge in [-0.05, 0) is 45.9 Å². The quantitative estimate of drug-likeness (QED) is 0.163. The number of phenols is 4. The van der Waals surface area contributed by atoms with Crippen LogP contribution in [-0.2, 0) is 26.5 Å². The Morgan fingerprint density at radius 3 is 0.821 bits per heavy atom. The largest absolute Gasteiger partial charge is 0.508 e. The van der Waals surface area contributed by atoms with Gasteiger partial charge in [-0.15, -0.1) is 13.2 Å². The van der Waals surface area contributed by atoms with E-state index in [4.69, 9.17) is 15.0 Å². The molecule has 2 aromatic rings. The number of hydrogen-bond donors (Lipinski definition) is 6.